The maximum Gasteiger partial charge on any atom is 0.00879 e. The van der Waals surface area contributed by atoms with Gasteiger partial charge in [0.15, 0.2) is 0 Å². The summed E-state index contributed by atoms with van der Waals surface area (Å²) in [5.41, 5.74) is 3.75. The van der Waals surface area contributed by atoms with Crippen molar-refractivity contribution in [3.05, 3.63) is 35.4 Å². The first-order valence-electron chi connectivity index (χ1n) is 7.61. The Morgan fingerprint density at radius 1 is 1.11 bits per heavy atom. The van der Waals surface area contributed by atoms with E-state index in [1.807, 2.05) is 0 Å². The zero-order valence-corrected chi connectivity index (χ0v) is 13.2. The third kappa shape index (κ3) is 3.39. The first-order valence-corrected chi connectivity index (χ1v) is 7.61. The summed E-state index contributed by atoms with van der Waals surface area (Å²) in [6, 6.07) is 9.18. The summed E-state index contributed by atoms with van der Waals surface area (Å²) in [5, 5.41) is 3.68. The second kappa shape index (κ2) is 5.28. The normalized spacial score (nSPS) is 20.3. The molecule has 19 heavy (non-hydrogen) atoms. The minimum Gasteiger partial charge on any atom is -0.316 e. The van der Waals surface area contributed by atoms with Gasteiger partial charge in [-0.05, 0) is 43.2 Å². The van der Waals surface area contributed by atoms with Crippen LogP contribution in [0.1, 0.15) is 51.7 Å². The summed E-state index contributed by atoms with van der Waals surface area (Å²) in [6.45, 7) is 13.7. The fourth-order valence-corrected chi connectivity index (χ4v) is 3.72. The van der Waals surface area contributed by atoms with Crippen LogP contribution in [0.25, 0.3) is 0 Å². The number of nitrogens with one attached hydrogen (secondary N) is 1. The van der Waals surface area contributed by atoms with Crippen molar-refractivity contribution in [2.75, 3.05) is 13.1 Å². The lowest BCUT2D eigenvalue weighted by Gasteiger charge is -2.54. The molecule has 0 unspecified atom stereocenters. The zero-order valence-electron chi connectivity index (χ0n) is 13.2. The predicted molar refractivity (Wildman–Crippen MR) is 83.6 cm³/mol. The quantitative estimate of drug-likeness (QED) is 0.831. The van der Waals surface area contributed by atoms with E-state index >= 15 is 0 Å². The number of aryl methyl sites for hydroxylation is 1. The van der Waals surface area contributed by atoms with Gasteiger partial charge >= 0.3 is 0 Å². The van der Waals surface area contributed by atoms with Gasteiger partial charge in [-0.3, -0.25) is 0 Å². The molecule has 1 nitrogen and oxygen atoms in total. The van der Waals surface area contributed by atoms with E-state index in [1.54, 1.807) is 0 Å². The van der Waals surface area contributed by atoms with E-state index in [0.29, 0.717) is 10.8 Å². The Balaban J connectivity index is 2.10. The highest BCUT2D eigenvalue weighted by molar-refractivity contribution is 5.33. The van der Waals surface area contributed by atoms with Crippen molar-refractivity contribution in [2.45, 2.75) is 52.9 Å². The Morgan fingerprint density at radius 3 is 2.16 bits per heavy atom. The summed E-state index contributed by atoms with van der Waals surface area (Å²) < 4.78 is 0. The van der Waals surface area contributed by atoms with Crippen LogP contribution in [0.4, 0.5) is 0 Å². The topological polar surface area (TPSA) is 12.0 Å². The van der Waals surface area contributed by atoms with Crippen LogP contribution in [0.3, 0.4) is 0 Å². The maximum atomic E-state index is 3.68. The summed E-state index contributed by atoms with van der Waals surface area (Å²) in [4.78, 5) is 0. The molecule has 106 valence electrons. The van der Waals surface area contributed by atoms with E-state index in [0.717, 1.165) is 19.0 Å². The van der Waals surface area contributed by atoms with Gasteiger partial charge in [-0.15, -0.1) is 0 Å². The van der Waals surface area contributed by atoms with Crippen LogP contribution in [0, 0.1) is 18.3 Å². The molecule has 0 atom stereocenters. The van der Waals surface area contributed by atoms with Crippen molar-refractivity contribution >= 4 is 0 Å². The van der Waals surface area contributed by atoms with Gasteiger partial charge in [0.1, 0.15) is 0 Å². The molecule has 1 aromatic rings. The number of rotatable bonds is 5. The van der Waals surface area contributed by atoms with E-state index in [2.05, 4.69) is 64.2 Å². The maximum absolute atomic E-state index is 3.68. The lowest BCUT2D eigenvalue weighted by atomic mass is 9.52. The van der Waals surface area contributed by atoms with Crippen LogP contribution < -0.4 is 5.32 Å². The molecule has 0 radical (unpaired) electrons. The Morgan fingerprint density at radius 2 is 1.68 bits per heavy atom. The molecule has 1 N–H and O–H groups in total. The van der Waals surface area contributed by atoms with Crippen molar-refractivity contribution in [1.82, 2.24) is 5.32 Å². The Hall–Kier alpha value is -0.820. The van der Waals surface area contributed by atoms with Crippen molar-refractivity contribution in [2.24, 2.45) is 11.3 Å². The second-order valence-corrected chi connectivity index (χ2v) is 7.69. The van der Waals surface area contributed by atoms with E-state index < -0.39 is 0 Å². The van der Waals surface area contributed by atoms with Crippen molar-refractivity contribution < 1.29 is 0 Å². The van der Waals surface area contributed by atoms with Crippen molar-refractivity contribution in [1.29, 1.82) is 0 Å². The van der Waals surface area contributed by atoms with E-state index in [4.69, 9.17) is 0 Å². The lowest BCUT2D eigenvalue weighted by Crippen LogP contribution is -2.52. The van der Waals surface area contributed by atoms with E-state index in [1.165, 1.54) is 24.0 Å². The highest BCUT2D eigenvalue weighted by Gasteiger charge is 2.49. The van der Waals surface area contributed by atoms with Crippen molar-refractivity contribution in [3.63, 3.8) is 0 Å². The van der Waals surface area contributed by atoms with Crippen LogP contribution in [-0.4, -0.2) is 13.1 Å². The molecule has 1 heteroatoms. The summed E-state index contributed by atoms with van der Waals surface area (Å²) in [5.74, 6) is 0.725. The van der Waals surface area contributed by atoms with Crippen LogP contribution in [0.2, 0.25) is 0 Å². The zero-order chi connectivity index (χ0) is 14.1. The first-order chi connectivity index (χ1) is 8.83. The molecular formula is C18H29N. The Kier molecular flexibility index (Phi) is 4.06. The molecule has 0 aromatic heterocycles. The molecule has 1 fully saturated rings. The highest BCUT2D eigenvalue weighted by Crippen LogP contribution is 2.55. The van der Waals surface area contributed by atoms with Gasteiger partial charge in [-0.1, -0.05) is 57.5 Å². The fraction of sp³-hybridized carbons (Fsp3) is 0.667. The van der Waals surface area contributed by atoms with Gasteiger partial charge in [0.25, 0.3) is 0 Å². The molecule has 0 heterocycles. The fourth-order valence-electron chi connectivity index (χ4n) is 3.72. The third-order valence-electron chi connectivity index (χ3n) is 4.31. The van der Waals surface area contributed by atoms with Gasteiger partial charge in [-0.25, -0.2) is 0 Å². The minimum absolute atomic E-state index is 0.367. The molecule has 0 spiro atoms. The largest absolute Gasteiger partial charge is 0.316 e. The second-order valence-electron chi connectivity index (χ2n) is 7.69. The molecule has 0 aliphatic heterocycles. The number of hydrogen-bond acceptors (Lipinski definition) is 1. The van der Waals surface area contributed by atoms with Crippen LogP contribution in [0.5, 0.6) is 0 Å². The summed E-state index contributed by atoms with van der Waals surface area (Å²) >= 11 is 0. The van der Waals surface area contributed by atoms with Crippen LogP contribution in [-0.2, 0) is 5.41 Å². The lowest BCUT2D eigenvalue weighted by molar-refractivity contribution is 0.0558. The van der Waals surface area contributed by atoms with Gasteiger partial charge in [0.2, 0.25) is 0 Å². The van der Waals surface area contributed by atoms with Gasteiger partial charge in [0, 0.05) is 12.0 Å². The van der Waals surface area contributed by atoms with E-state index in [-0.39, 0.29) is 0 Å². The smallest absolute Gasteiger partial charge is 0.00879 e. The summed E-state index contributed by atoms with van der Waals surface area (Å²) in [6.07, 6.45) is 2.60. The molecule has 1 aromatic carbocycles. The van der Waals surface area contributed by atoms with E-state index in [9.17, 15) is 0 Å². The Labute approximate surface area is 118 Å². The standard InChI is InChI=1S/C18H29N/c1-14(2)10-19-13-18(11-17(4,5)12-18)16-8-6-15(3)7-9-16/h6-9,14,19H,10-13H2,1-5H3. The molecular weight excluding hydrogens is 230 g/mol. The average Bonchev–Trinajstić information content (AvgIpc) is 2.26. The molecule has 0 saturated heterocycles. The third-order valence-corrected chi connectivity index (χ3v) is 4.31. The molecule has 0 bridgehead atoms. The average molecular weight is 259 g/mol. The van der Waals surface area contributed by atoms with Gasteiger partial charge in [0.05, 0.1) is 0 Å². The number of hydrogen-bond donors (Lipinski definition) is 1. The van der Waals surface area contributed by atoms with Crippen LogP contribution >= 0.6 is 0 Å². The van der Waals surface area contributed by atoms with Crippen LogP contribution in [0.15, 0.2) is 24.3 Å². The molecule has 1 aliphatic carbocycles. The molecule has 2 rings (SSSR count). The molecule has 1 saturated carbocycles. The SMILES string of the molecule is Cc1ccc(C2(CNCC(C)C)CC(C)(C)C2)cc1. The van der Waals surface area contributed by atoms with Crippen molar-refractivity contribution in [3.8, 4) is 0 Å². The van der Waals surface area contributed by atoms with Gasteiger partial charge < -0.3 is 5.32 Å². The number of benzene rings is 1. The summed E-state index contributed by atoms with van der Waals surface area (Å²) in [7, 11) is 0. The van der Waals surface area contributed by atoms with Gasteiger partial charge in [-0.2, -0.15) is 0 Å². The highest BCUT2D eigenvalue weighted by atomic mass is 14.9. The first kappa shape index (κ1) is 14.6. The predicted octanol–water partition coefficient (Wildman–Crippen LogP) is 4.30. The molecule has 1 aliphatic rings. The molecule has 0 amide bonds. The Bertz CT molecular complexity index is 406. The monoisotopic (exact) mass is 259 g/mol. The minimum atomic E-state index is 0.367.